The molecule has 9 heteroatoms. The molecule has 0 radical (unpaired) electrons. The molecule has 0 aliphatic heterocycles. The minimum Gasteiger partial charge on any atom is -0.451 e. The fourth-order valence-corrected chi connectivity index (χ4v) is 2.54. The van der Waals surface area contributed by atoms with Crippen molar-refractivity contribution < 1.29 is 23.9 Å². The summed E-state index contributed by atoms with van der Waals surface area (Å²) in [7, 11) is 1.35. The van der Waals surface area contributed by atoms with Crippen molar-refractivity contribution in [3.8, 4) is 0 Å². The average Bonchev–Trinajstić information content (AvgIpc) is 3.03. The second-order valence-electron chi connectivity index (χ2n) is 5.96. The maximum atomic E-state index is 12.5. The van der Waals surface area contributed by atoms with Crippen LogP contribution in [0.2, 0.25) is 0 Å². The van der Waals surface area contributed by atoms with Crippen LogP contribution < -0.4 is 16.0 Å². The lowest BCUT2D eigenvalue weighted by atomic mass is 10.0. The number of carbonyl (C=O) groups excluding carboxylic acids is 4. The molecule has 4 N–H and O–H groups in total. The van der Waals surface area contributed by atoms with Crippen molar-refractivity contribution in [2.45, 2.75) is 32.4 Å². The molecule has 0 fully saturated rings. The summed E-state index contributed by atoms with van der Waals surface area (Å²) in [6.45, 7) is 2.63. The minimum absolute atomic E-state index is 0.187. The molecule has 1 aromatic carbocycles. The number of aromatic amines is 1. The molecule has 0 spiro atoms. The molecule has 9 nitrogen and oxygen atoms in total. The largest absolute Gasteiger partial charge is 0.451 e. The van der Waals surface area contributed by atoms with E-state index in [1.165, 1.54) is 20.9 Å². The molecular formula is C18H22N4O5. The number of hydrogen-bond acceptors (Lipinski definition) is 5. The highest BCUT2D eigenvalue weighted by Crippen LogP contribution is 2.19. The number of esters is 1. The highest BCUT2D eigenvalue weighted by atomic mass is 16.5. The Bertz CT molecular complexity index is 860. The first-order valence-electron chi connectivity index (χ1n) is 8.37. The average molecular weight is 374 g/mol. The van der Waals surface area contributed by atoms with Crippen LogP contribution in [-0.4, -0.2) is 48.0 Å². The van der Waals surface area contributed by atoms with Gasteiger partial charge in [0.05, 0.1) is 0 Å². The number of para-hydroxylation sites is 1. The fraction of sp³-hybridized carbons (Fsp3) is 0.333. The van der Waals surface area contributed by atoms with Gasteiger partial charge in [-0.25, -0.2) is 9.59 Å². The monoisotopic (exact) mass is 374 g/mol. The van der Waals surface area contributed by atoms with E-state index in [1.54, 1.807) is 6.20 Å². The zero-order valence-electron chi connectivity index (χ0n) is 15.3. The molecule has 2 rings (SSSR count). The maximum Gasteiger partial charge on any atom is 0.329 e. The Hall–Kier alpha value is -3.36. The van der Waals surface area contributed by atoms with Crippen LogP contribution in [0.15, 0.2) is 30.5 Å². The predicted molar refractivity (Wildman–Crippen MR) is 97.8 cm³/mol. The van der Waals surface area contributed by atoms with E-state index in [0.717, 1.165) is 16.5 Å². The Morgan fingerprint density at radius 2 is 1.89 bits per heavy atom. The van der Waals surface area contributed by atoms with Crippen molar-refractivity contribution in [2.75, 3.05) is 7.05 Å². The molecule has 144 valence electrons. The number of carbonyl (C=O) groups is 4. The molecule has 4 amide bonds. The predicted octanol–water partition coefficient (Wildman–Crippen LogP) is 0.602. The molecular weight excluding hydrogens is 352 g/mol. The quantitative estimate of drug-likeness (QED) is 0.550. The van der Waals surface area contributed by atoms with Gasteiger partial charge in [-0.15, -0.1) is 0 Å². The van der Waals surface area contributed by atoms with Crippen LogP contribution in [-0.2, 0) is 25.5 Å². The van der Waals surface area contributed by atoms with Crippen LogP contribution in [0.4, 0.5) is 4.79 Å². The van der Waals surface area contributed by atoms with Gasteiger partial charge in [0.1, 0.15) is 6.04 Å². The van der Waals surface area contributed by atoms with Gasteiger partial charge < -0.3 is 20.4 Å². The Morgan fingerprint density at radius 3 is 2.56 bits per heavy atom. The second-order valence-corrected chi connectivity index (χ2v) is 5.96. The van der Waals surface area contributed by atoms with Crippen molar-refractivity contribution in [2.24, 2.45) is 0 Å². The van der Waals surface area contributed by atoms with E-state index in [4.69, 9.17) is 4.74 Å². The van der Waals surface area contributed by atoms with Crippen molar-refractivity contribution in [3.63, 3.8) is 0 Å². The van der Waals surface area contributed by atoms with Crippen LogP contribution in [0.3, 0.4) is 0 Å². The number of fused-ring (bicyclic) bond motifs is 1. The van der Waals surface area contributed by atoms with Crippen LogP contribution in [0.5, 0.6) is 0 Å². The standard InChI is InChI=1S/C18H22N4O5/c1-10(16(24)22-18(26)19-3)27-17(25)15(21-11(2)23)8-12-9-20-14-7-5-4-6-13(12)14/h4-7,9-10,15,20H,8H2,1-3H3,(H,21,23)(H2,19,22,24,26)/t10-,15+/m1/s1. The Labute approximate surface area is 155 Å². The number of nitrogens with one attached hydrogen (secondary N) is 4. The number of hydrogen-bond donors (Lipinski definition) is 4. The van der Waals surface area contributed by atoms with Gasteiger partial charge in [0.2, 0.25) is 5.91 Å². The third-order valence-corrected chi connectivity index (χ3v) is 3.89. The summed E-state index contributed by atoms with van der Waals surface area (Å²) in [4.78, 5) is 50.1. The van der Waals surface area contributed by atoms with E-state index in [1.807, 2.05) is 29.6 Å². The smallest absolute Gasteiger partial charge is 0.329 e. The van der Waals surface area contributed by atoms with E-state index in [-0.39, 0.29) is 6.42 Å². The molecule has 0 bridgehead atoms. The van der Waals surface area contributed by atoms with Gasteiger partial charge in [0.15, 0.2) is 6.10 Å². The molecule has 2 atom stereocenters. The number of rotatable bonds is 6. The summed E-state index contributed by atoms with van der Waals surface area (Å²) in [6.07, 6.45) is 0.745. The van der Waals surface area contributed by atoms with Crippen molar-refractivity contribution in [1.82, 2.24) is 20.9 Å². The van der Waals surface area contributed by atoms with E-state index < -0.39 is 36.0 Å². The zero-order chi connectivity index (χ0) is 20.0. The SMILES string of the molecule is CNC(=O)NC(=O)[C@@H](C)OC(=O)[C@H](Cc1c[nH]c2ccccc12)NC(C)=O. The topological polar surface area (TPSA) is 129 Å². The van der Waals surface area contributed by atoms with Crippen molar-refractivity contribution in [3.05, 3.63) is 36.0 Å². The number of H-pyrrole nitrogens is 1. The van der Waals surface area contributed by atoms with Crippen LogP contribution in [0.1, 0.15) is 19.4 Å². The summed E-state index contributed by atoms with van der Waals surface area (Å²) >= 11 is 0. The molecule has 0 unspecified atom stereocenters. The lowest BCUT2D eigenvalue weighted by Gasteiger charge is -2.19. The number of benzene rings is 1. The van der Waals surface area contributed by atoms with Crippen LogP contribution in [0, 0.1) is 0 Å². The molecule has 1 heterocycles. The molecule has 0 aliphatic carbocycles. The van der Waals surface area contributed by atoms with Gasteiger partial charge in [0.25, 0.3) is 5.91 Å². The summed E-state index contributed by atoms with van der Waals surface area (Å²) < 4.78 is 5.13. The Morgan fingerprint density at radius 1 is 1.19 bits per heavy atom. The highest BCUT2D eigenvalue weighted by Gasteiger charge is 2.27. The lowest BCUT2D eigenvalue weighted by Crippen LogP contribution is -2.47. The van der Waals surface area contributed by atoms with Gasteiger partial charge in [-0.3, -0.25) is 14.9 Å². The third-order valence-electron chi connectivity index (χ3n) is 3.89. The Balaban J connectivity index is 2.10. The molecule has 0 saturated carbocycles. The first kappa shape index (κ1) is 20.0. The molecule has 1 aromatic heterocycles. The number of ether oxygens (including phenoxy) is 1. The van der Waals surface area contributed by atoms with Gasteiger partial charge in [-0.05, 0) is 18.6 Å². The molecule has 27 heavy (non-hydrogen) atoms. The summed E-state index contributed by atoms with van der Waals surface area (Å²) in [6, 6.07) is 5.87. The number of urea groups is 1. The second kappa shape index (κ2) is 8.84. The third kappa shape index (κ3) is 5.30. The fourth-order valence-electron chi connectivity index (χ4n) is 2.54. The van der Waals surface area contributed by atoms with Gasteiger partial charge in [-0.1, -0.05) is 18.2 Å². The normalized spacial score (nSPS) is 12.7. The van der Waals surface area contributed by atoms with Gasteiger partial charge >= 0.3 is 12.0 Å². The van der Waals surface area contributed by atoms with Gasteiger partial charge in [0, 0.05) is 37.5 Å². The Kier molecular flexibility index (Phi) is 6.53. The van der Waals surface area contributed by atoms with Crippen LogP contribution >= 0.6 is 0 Å². The summed E-state index contributed by atoms with van der Waals surface area (Å²) in [5.74, 6) is -1.94. The van der Waals surface area contributed by atoms with Crippen molar-refractivity contribution in [1.29, 1.82) is 0 Å². The van der Waals surface area contributed by atoms with E-state index in [9.17, 15) is 19.2 Å². The molecule has 2 aromatic rings. The molecule has 0 saturated heterocycles. The number of imide groups is 1. The lowest BCUT2D eigenvalue weighted by molar-refractivity contribution is -0.157. The van der Waals surface area contributed by atoms with Crippen molar-refractivity contribution >= 4 is 34.7 Å². The summed E-state index contributed by atoms with van der Waals surface area (Å²) in [5, 5.41) is 7.72. The first-order valence-corrected chi connectivity index (χ1v) is 8.37. The summed E-state index contributed by atoms with van der Waals surface area (Å²) in [5.41, 5.74) is 1.73. The highest BCUT2D eigenvalue weighted by molar-refractivity contribution is 5.97. The number of aromatic nitrogens is 1. The minimum atomic E-state index is -1.20. The van der Waals surface area contributed by atoms with Gasteiger partial charge in [-0.2, -0.15) is 0 Å². The molecule has 0 aliphatic rings. The van der Waals surface area contributed by atoms with Crippen LogP contribution in [0.25, 0.3) is 10.9 Å². The zero-order valence-corrected chi connectivity index (χ0v) is 15.3. The maximum absolute atomic E-state index is 12.5. The van der Waals surface area contributed by atoms with E-state index in [2.05, 4.69) is 15.6 Å². The van der Waals surface area contributed by atoms with E-state index in [0.29, 0.717) is 0 Å². The number of amides is 4. The van der Waals surface area contributed by atoms with E-state index >= 15 is 0 Å². The first-order chi connectivity index (χ1) is 12.8.